The summed E-state index contributed by atoms with van der Waals surface area (Å²) in [6.07, 6.45) is 6.36. The average Bonchev–Trinajstić information content (AvgIpc) is 2.39. The van der Waals surface area contributed by atoms with Crippen molar-refractivity contribution in [3.05, 3.63) is 30.1 Å². The van der Waals surface area contributed by atoms with Crippen molar-refractivity contribution in [1.29, 1.82) is 0 Å². The van der Waals surface area contributed by atoms with Crippen molar-refractivity contribution in [2.75, 3.05) is 27.2 Å². The lowest BCUT2D eigenvalue weighted by Gasteiger charge is -2.35. The maximum atomic E-state index is 12.2. The number of hydrogen-bond acceptors (Lipinski definition) is 3. The van der Waals surface area contributed by atoms with Crippen LogP contribution in [0.15, 0.2) is 18.3 Å². The number of likely N-dealkylation sites (tertiary alicyclic amines) is 1. The Hall–Kier alpha value is -1.42. The van der Waals surface area contributed by atoms with Crippen LogP contribution in [0.2, 0.25) is 0 Å². The fourth-order valence-corrected chi connectivity index (χ4v) is 2.20. The minimum atomic E-state index is 0.0565. The molecule has 91 valence electrons. The molecule has 0 aliphatic carbocycles. The molecular weight excluding hydrogens is 214 g/mol. The molecule has 1 radical (unpaired) electrons. The van der Waals surface area contributed by atoms with Gasteiger partial charge >= 0.3 is 0 Å². The summed E-state index contributed by atoms with van der Waals surface area (Å²) < 4.78 is 0. The number of carbonyl (C=O) groups excluding carboxylic acids is 1. The minimum absolute atomic E-state index is 0.0565. The van der Waals surface area contributed by atoms with Crippen LogP contribution < -0.4 is 0 Å². The molecule has 0 bridgehead atoms. The van der Waals surface area contributed by atoms with E-state index in [1.807, 2.05) is 11.9 Å². The first-order chi connectivity index (χ1) is 8.18. The molecule has 0 saturated carbocycles. The Labute approximate surface area is 102 Å². The van der Waals surface area contributed by atoms with Crippen molar-refractivity contribution < 1.29 is 4.79 Å². The van der Waals surface area contributed by atoms with Crippen LogP contribution in [0.25, 0.3) is 0 Å². The van der Waals surface area contributed by atoms with Gasteiger partial charge in [0.15, 0.2) is 0 Å². The van der Waals surface area contributed by atoms with Gasteiger partial charge in [-0.3, -0.25) is 9.78 Å². The van der Waals surface area contributed by atoms with Crippen LogP contribution in [-0.2, 0) is 0 Å². The van der Waals surface area contributed by atoms with E-state index >= 15 is 0 Å². The van der Waals surface area contributed by atoms with Crippen LogP contribution in [0, 0.1) is 6.20 Å². The van der Waals surface area contributed by atoms with Gasteiger partial charge in [0.1, 0.15) is 0 Å². The summed E-state index contributed by atoms with van der Waals surface area (Å²) in [6.45, 7) is 2.12. The first-order valence-electron chi connectivity index (χ1n) is 5.96. The second-order valence-electron chi connectivity index (χ2n) is 4.63. The van der Waals surface area contributed by atoms with Crippen LogP contribution in [0.3, 0.4) is 0 Å². The molecule has 1 aromatic heterocycles. The van der Waals surface area contributed by atoms with Gasteiger partial charge in [0.2, 0.25) is 0 Å². The van der Waals surface area contributed by atoms with Gasteiger partial charge in [-0.25, -0.2) is 0 Å². The smallest absolute Gasteiger partial charge is 0.255 e. The van der Waals surface area contributed by atoms with E-state index in [0.29, 0.717) is 11.6 Å². The third-order valence-electron chi connectivity index (χ3n) is 3.42. The predicted octanol–water partition coefficient (Wildman–Crippen LogP) is 1.05. The number of aromatic nitrogens is 1. The van der Waals surface area contributed by atoms with Crippen LogP contribution in [-0.4, -0.2) is 53.9 Å². The lowest BCUT2D eigenvalue weighted by molar-refractivity contribution is 0.0659. The van der Waals surface area contributed by atoms with E-state index in [1.165, 1.54) is 0 Å². The monoisotopic (exact) mass is 232 g/mol. The fraction of sp³-hybridized carbons (Fsp3) is 0.538. The van der Waals surface area contributed by atoms with E-state index < -0.39 is 0 Å². The van der Waals surface area contributed by atoms with Gasteiger partial charge in [0, 0.05) is 19.3 Å². The Morgan fingerprint density at radius 2 is 2.24 bits per heavy atom. The molecule has 0 spiro atoms. The molecule has 1 amide bonds. The number of carbonyl (C=O) groups is 1. The van der Waals surface area contributed by atoms with Crippen molar-refractivity contribution in [1.82, 2.24) is 14.8 Å². The van der Waals surface area contributed by atoms with E-state index in [0.717, 1.165) is 25.9 Å². The molecule has 4 nitrogen and oxygen atoms in total. The van der Waals surface area contributed by atoms with E-state index in [4.69, 9.17) is 0 Å². The Morgan fingerprint density at radius 1 is 1.53 bits per heavy atom. The third-order valence-corrected chi connectivity index (χ3v) is 3.42. The van der Waals surface area contributed by atoms with Crippen molar-refractivity contribution in [3.8, 4) is 0 Å². The molecule has 2 heterocycles. The van der Waals surface area contributed by atoms with E-state index in [2.05, 4.69) is 23.1 Å². The second kappa shape index (κ2) is 5.27. The van der Waals surface area contributed by atoms with Crippen molar-refractivity contribution in [2.24, 2.45) is 0 Å². The highest BCUT2D eigenvalue weighted by molar-refractivity contribution is 5.93. The zero-order valence-electron chi connectivity index (χ0n) is 10.4. The largest absolute Gasteiger partial charge is 0.339 e. The number of amides is 1. The number of rotatable bonds is 2. The highest BCUT2D eigenvalue weighted by Crippen LogP contribution is 2.16. The van der Waals surface area contributed by atoms with Crippen molar-refractivity contribution in [3.63, 3.8) is 0 Å². The summed E-state index contributed by atoms with van der Waals surface area (Å²) in [4.78, 5) is 20.2. The third kappa shape index (κ3) is 2.82. The summed E-state index contributed by atoms with van der Waals surface area (Å²) in [5, 5.41) is 0. The Balaban J connectivity index is 2.00. The molecule has 1 aliphatic heterocycles. The zero-order valence-corrected chi connectivity index (χ0v) is 10.4. The summed E-state index contributed by atoms with van der Waals surface area (Å²) in [7, 11) is 4.00. The molecular formula is C13H18N3O. The van der Waals surface area contributed by atoms with E-state index in [1.54, 1.807) is 18.3 Å². The minimum Gasteiger partial charge on any atom is -0.339 e. The van der Waals surface area contributed by atoms with Crippen LogP contribution in [0.4, 0.5) is 0 Å². The number of hydrogen-bond donors (Lipinski definition) is 0. The molecule has 1 saturated heterocycles. The SMILES string of the molecule is CN1CCC(N(C)C(=O)c2cc[c]nc2)CC1. The van der Waals surface area contributed by atoms with Gasteiger partial charge in [-0.05, 0) is 45.1 Å². The number of pyridine rings is 1. The molecule has 1 aliphatic rings. The van der Waals surface area contributed by atoms with E-state index in [9.17, 15) is 4.79 Å². The molecule has 1 aromatic rings. The summed E-state index contributed by atoms with van der Waals surface area (Å²) in [5.41, 5.74) is 0.644. The molecule has 2 rings (SSSR count). The van der Waals surface area contributed by atoms with Crippen LogP contribution in [0.1, 0.15) is 23.2 Å². The maximum Gasteiger partial charge on any atom is 0.255 e. The first kappa shape index (κ1) is 12.0. The fourth-order valence-electron chi connectivity index (χ4n) is 2.20. The molecule has 0 unspecified atom stereocenters. The topological polar surface area (TPSA) is 36.4 Å². The van der Waals surface area contributed by atoms with Gasteiger partial charge in [-0.15, -0.1) is 0 Å². The Morgan fingerprint density at radius 3 is 2.82 bits per heavy atom. The lowest BCUT2D eigenvalue weighted by Crippen LogP contribution is -2.44. The highest BCUT2D eigenvalue weighted by atomic mass is 16.2. The van der Waals surface area contributed by atoms with Gasteiger partial charge in [-0.1, -0.05) is 0 Å². The van der Waals surface area contributed by atoms with Crippen molar-refractivity contribution in [2.45, 2.75) is 18.9 Å². The molecule has 4 heteroatoms. The predicted molar refractivity (Wildman–Crippen MR) is 65.7 cm³/mol. The zero-order chi connectivity index (χ0) is 12.3. The van der Waals surface area contributed by atoms with Gasteiger partial charge in [0.05, 0.1) is 11.8 Å². The quantitative estimate of drug-likeness (QED) is 0.764. The van der Waals surface area contributed by atoms with Gasteiger partial charge in [-0.2, -0.15) is 0 Å². The first-order valence-corrected chi connectivity index (χ1v) is 5.96. The van der Waals surface area contributed by atoms with Crippen molar-refractivity contribution >= 4 is 5.91 Å². The average molecular weight is 232 g/mol. The molecule has 17 heavy (non-hydrogen) atoms. The summed E-state index contributed by atoms with van der Waals surface area (Å²) in [6, 6.07) is 3.79. The Bertz CT molecular complexity index is 372. The molecule has 0 atom stereocenters. The second-order valence-corrected chi connectivity index (χ2v) is 4.63. The standard InChI is InChI=1S/C13H18N3O/c1-15-8-5-12(6-9-15)16(2)13(17)11-4-3-7-14-10-11/h3-4,10,12H,5-6,8-9H2,1-2H3. The summed E-state index contributed by atoms with van der Waals surface area (Å²) in [5.74, 6) is 0.0565. The maximum absolute atomic E-state index is 12.2. The normalized spacial score (nSPS) is 18.0. The van der Waals surface area contributed by atoms with Gasteiger partial charge < -0.3 is 9.80 Å². The Kier molecular flexibility index (Phi) is 3.74. The molecule has 0 N–H and O–H groups in total. The van der Waals surface area contributed by atoms with E-state index in [-0.39, 0.29) is 5.91 Å². The summed E-state index contributed by atoms with van der Waals surface area (Å²) >= 11 is 0. The lowest BCUT2D eigenvalue weighted by atomic mass is 10.0. The van der Waals surface area contributed by atoms with Crippen LogP contribution >= 0.6 is 0 Å². The van der Waals surface area contributed by atoms with Gasteiger partial charge in [0.25, 0.3) is 5.91 Å². The molecule has 0 aromatic carbocycles. The van der Waals surface area contributed by atoms with Crippen LogP contribution in [0.5, 0.6) is 0 Å². The highest BCUT2D eigenvalue weighted by Gasteiger charge is 2.24. The number of piperidine rings is 1. The number of nitrogens with zero attached hydrogens (tertiary/aromatic N) is 3. The molecule has 1 fully saturated rings.